The predicted octanol–water partition coefficient (Wildman–Crippen LogP) is 3.78. The number of benzene rings is 2. The summed E-state index contributed by atoms with van der Waals surface area (Å²) < 4.78 is 12.2. The predicted molar refractivity (Wildman–Crippen MR) is 71.7 cm³/mol. The van der Waals surface area contributed by atoms with Crippen LogP contribution in [0.5, 0.6) is 0 Å². The van der Waals surface area contributed by atoms with Crippen LogP contribution in [0.15, 0.2) is 58.3 Å². The van der Waals surface area contributed by atoms with E-state index in [1.165, 1.54) is 11.1 Å². The van der Waals surface area contributed by atoms with Crippen LogP contribution < -0.4 is 0 Å². The van der Waals surface area contributed by atoms with Gasteiger partial charge in [-0.2, -0.15) is 0 Å². The van der Waals surface area contributed by atoms with Gasteiger partial charge in [0.1, 0.15) is 0 Å². The number of fused-ring (bicyclic) bond motifs is 2. The average molecular weight is 244 g/mol. The van der Waals surface area contributed by atoms with Crippen LogP contribution in [0.1, 0.15) is 25.0 Å². The Bertz CT molecular complexity index is 499. The zero-order valence-corrected chi connectivity index (χ0v) is 11.0. The molecular formula is C15H16OS. The first-order valence-electron chi connectivity index (χ1n) is 5.94. The van der Waals surface area contributed by atoms with Crippen molar-refractivity contribution in [3.8, 4) is 0 Å². The van der Waals surface area contributed by atoms with E-state index < -0.39 is 10.8 Å². The lowest BCUT2D eigenvalue weighted by Gasteiger charge is -2.18. The summed E-state index contributed by atoms with van der Waals surface area (Å²) in [5.74, 6) is 0. The SMILES string of the molecule is CC.O=S1c2ccccc2Cc2ccccc21. The standard InChI is InChI=1S/C13H10OS.C2H6/c14-15-12-7-3-1-5-10(12)9-11-6-2-4-8-13(11)15;1-2/h1-8H,9H2;1-2H3. The molecule has 2 aromatic rings. The van der Waals surface area contributed by atoms with Crippen LogP contribution in [0.25, 0.3) is 0 Å². The molecule has 2 heteroatoms. The first-order valence-corrected chi connectivity index (χ1v) is 7.09. The fourth-order valence-corrected chi connectivity index (χ4v) is 3.38. The molecule has 1 aliphatic heterocycles. The van der Waals surface area contributed by atoms with Gasteiger partial charge in [0, 0.05) is 9.79 Å². The second-order valence-corrected chi connectivity index (χ2v) is 5.08. The summed E-state index contributed by atoms with van der Waals surface area (Å²) >= 11 is 0. The summed E-state index contributed by atoms with van der Waals surface area (Å²) in [6.45, 7) is 4.00. The van der Waals surface area contributed by atoms with Gasteiger partial charge in [0.25, 0.3) is 0 Å². The second kappa shape index (κ2) is 5.28. The lowest BCUT2D eigenvalue weighted by atomic mass is 10.0. The van der Waals surface area contributed by atoms with Crippen molar-refractivity contribution in [2.75, 3.05) is 0 Å². The third-order valence-electron chi connectivity index (χ3n) is 2.73. The van der Waals surface area contributed by atoms with E-state index in [9.17, 15) is 4.21 Å². The maximum atomic E-state index is 12.2. The van der Waals surface area contributed by atoms with Crippen molar-refractivity contribution in [3.63, 3.8) is 0 Å². The van der Waals surface area contributed by atoms with Crippen LogP contribution in [-0.2, 0) is 17.2 Å². The van der Waals surface area contributed by atoms with Crippen molar-refractivity contribution in [1.29, 1.82) is 0 Å². The zero-order chi connectivity index (χ0) is 12.3. The van der Waals surface area contributed by atoms with E-state index in [-0.39, 0.29) is 0 Å². The van der Waals surface area contributed by atoms with Crippen molar-refractivity contribution in [2.24, 2.45) is 0 Å². The molecule has 17 heavy (non-hydrogen) atoms. The summed E-state index contributed by atoms with van der Waals surface area (Å²) in [5.41, 5.74) is 2.38. The highest BCUT2D eigenvalue weighted by Gasteiger charge is 2.20. The van der Waals surface area contributed by atoms with Crippen LogP contribution in [-0.4, -0.2) is 4.21 Å². The Morgan fingerprint density at radius 3 is 1.71 bits per heavy atom. The average Bonchev–Trinajstić information content (AvgIpc) is 2.41. The van der Waals surface area contributed by atoms with E-state index in [2.05, 4.69) is 12.1 Å². The molecule has 0 saturated heterocycles. The van der Waals surface area contributed by atoms with Gasteiger partial charge in [-0.05, 0) is 29.7 Å². The highest BCUT2D eigenvalue weighted by Crippen LogP contribution is 2.30. The molecule has 0 spiro atoms. The molecule has 0 aliphatic carbocycles. The molecule has 88 valence electrons. The van der Waals surface area contributed by atoms with Crippen LogP contribution in [0.4, 0.5) is 0 Å². The molecule has 0 aromatic heterocycles. The molecule has 0 fully saturated rings. The van der Waals surface area contributed by atoms with E-state index in [1.807, 2.05) is 50.2 Å². The van der Waals surface area contributed by atoms with Gasteiger partial charge in [-0.25, -0.2) is 4.21 Å². The Balaban J connectivity index is 0.000000514. The largest absolute Gasteiger partial charge is 0.249 e. The topological polar surface area (TPSA) is 17.1 Å². The molecular weight excluding hydrogens is 228 g/mol. The maximum absolute atomic E-state index is 12.2. The number of hydrogen-bond acceptors (Lipinski definition) is 1. The van der Waals surface area contributed by atoms with E-state index in [0.29, 0.717) is 0 Å². The van der Waals surface area contributed by atoms with E-state index in [4.69, 9.17) is 0 Å². The molecule has 1 aliphatic rings. The van der Waals surface area contributed by atoms with Crippen molar-refractivity contribution >= 4 is 10.8 Å². The Hall–Kier alpha value is -1.41. The molecule has 0 N–H and O–H groups in total. The highest BCUT2D eigenvalue weighted by molar-refractivity contribution is 7.85. The van der Waals surface area contributed by atoms with Crippen molar-refractivity contribution in [3.05, 3.63) is 59.7 Å². The van der Waals surface area contributed by atoms with Gasteiger partial charge in [0.15, 0.2) is 0 Å². The van der Waals surface area contributed by atoms with Crippen molar-refractivity contribution < 1.29 is 4.21 Å². The molecule has 0 unspecified atom stereocenters. The van der Waals surface area contributed by atoms with Gasteiger partial charge in [0.2, 0.25) is 0 Å². The molecule has 2 aromatic carbocycles. The third-order valence-corrected chi connectivity index (χ3v) is 4.32. The minimum Gasteiger partial charge on any atom is -0.249 e. The van der Waals surface area contributed by atoms with Gasteiger partial charge < -0.3 is 0 Å². The lowest BCUT2D eigenvalue weighted by molar-refractivity contribution is 0.679. The van der Waals surface area contributed by atoms with Crippen molar-refractivity contribution in [1.82, 2.24) is 0 Å². The maximum Gasteiger partial charge on any atom is 0.0855 e. The minimum atomic E-state index is -0.990. The van der Waals surface area contributed by atoms with Gasteiger partial charge in [-0.15, -0.1) is 0 Å². The van der Waals surface area contributed by atoms with Crippen LogP contribution in [0.3, 0.4) is 0 Å². The summed E-state index contributed by atoms with van der Waals surface area (Å²) in [6.07, 6.45) is 0.901. The molecule has 0 bridgehead atoms. The second-order valence-electron chi connectivity index (χ2n) is 3.66. The Labute approximate surface area is 105 Å². The monoisotopic (exact) mass is 244 g/mol. The van der Waals surface area contributed by atoms with Crippen LogP contribution >= 0.6 is 0 Å². The summed E-state index contributed by atoms with van der Waals surface area (Å²) in [5, 5.41) is 0. The fraction of sp³-hybridized carbons (Fsp3) is 0.200. The van der Waals surface area contributed by atoms with Gasteiger partial charge >= 0.3 is 0 Å². The molecule has 1 heterocycles. The summed E-state index contributed by atoms with van der Waals surface area (Å²) in [6, 6.07) is 15.9. The van der Waals surface area contributed by atoms with Crippen LogP contribution in [0, 0.1) is 0 Å². The first kappa shape index (κ1) is 12.1. The Kier molecular flexibility index (Phi) is 3.75. The van der Waals surface area contributed by atoms with Gasteiger partial charge in [-0.3, -0.25) is 0 Å². The first-order chi connectivity index (χ1) is 8.36. The van der Waals surface area contributed by atoms with Crippen molar-refractivity contribution in [2.45, 2.75) is 30.1 Å². The highest BCUT2D eigenvalue weighted by atomic mass is 32.2. The summed E-state index contributed by atoms with van der Waals surface area (Å²) in [7, 11) is -0.990. The van der Waals surface area contributed by atoms with E-state index >= 15 is 0 Å². The lowest BCUT2D eigenvalue weighted by Crippen LogP contribution is -2.08. The fourth-order valence-electron chi connectivity index (χ4n) is 1.99. The van der Waals surface area contributed by atoms with E-state index in [1.54, 1.807) is 0 Å². The van der Waals surface area contributed by atoms with Gasteiger partial charge in [-0.1, -0.05) is 50.2 Å². The molecule has 0 radical (unpaired) electrons. The Morgan fingerprint density at radius 1 is 0.824 bits per heavy atom. The summed E-state index contributed by atoms with van der Waals surface area (Å²) in [4.78, 5) is 1.94. The van der Waals surface area contributed by atoms with Crippen LogP contribution in [0.2, 0.25) is 0 Å². The quantitative estimate of drug-likeness (QED) is 0.588. The molecule has 1 nitrogen and oxygen atoms in total. The number of rotatable bonds is 0. The third kappa shape index (κ3) is 2.18. The molecule has 3 rings (SSSR count). The molecule has 0 saturated carbocycles. The normalized spacial score (nSPS) is 13.1. The molecule has 0 amide bonds. The molecule has 0 atom stereocenters. The Morgan fingerprint density at radius 2 is 1.24 bits per heavy atom. The van der Waals surface area contributed by atoms with Gasteiger partial charge in [0.05, 0.1) is 10.8 Å². The van der Waals surface area contributed by atoms with E-state index in [0.717, 1.165) is 16.2 Å². The zero-order valence-electron chi connectivity index (χ0n) is 10.1. The minimum absolute atomic E-state index is 0.901. The number of hydrogen-bond donors (Lipinski definition) is 0. The smallest absolute Gasteiger partial charge is 0.0855 e.